The third-order valence-corrected chi connectivity index (χ3v) is 4.86. The monoisotopic (exact) mass is 351 g/mol. The average molecular weight is 351 g/mol. The fourth-order valence-corrected chi connectivity index (χ4v) is 3.61. The molecule has 2 aliphatic heterocycles. The Morgan fingerprint density at radius 1 is 1.04 bits per heavy atom. The van der Waals surface area contributed by atoms with Crippen LogP contribution in [0.5, 0.6) is 0 Å². The Morgan fingerprint density at radius 2 is 1.85 bits per heavy atom. The zero-order chi connectivity index (χ0) is 18.1. The van der Waals surface area contributed by atoms with Crippen molar-refractivity contribution in [3.8, 4) is 0 Å². The number of anilines is 1. The number of benzene rings is 2. The molecule has 2 aromatic rings. The smallest absolute Gasteiger partial charge is 0.271 e. The van der Waals surface area contributed by atoms with E-state index in [0.717, 1.165) is 12.8 Å². The van der Waals surface area contributed by atoms with Gasteiger partial charge in [0.1, 0.15) is 5.82 Å². The second-order valence-corrected chi connectivity index (χ2v) is 6.53. The number of amides is 2. The lowest BCUT2D eigenvalue weighted by molar-refractivity contribution is -0.140. The molecule has 0 saturated carbocycles. The van der Waals surface area contributed by atoms with E-state index in [0.29, 0.717) is 24.3 Å². The van der Waals surface area contributed by atoms with Crippen molar-refractivity contribution in [3.05, 3.63) is 71.6 Å². The molecule has 2 amide bonds. The van der Waals surface area contributed by atoms with Crippen LogP contribution in [0.3, 0.4) is 0 Å². The van der Waals surface area contributed by atoms with E-state index in [1.807, 2.05) is 6.07 Å². The van der Waals surface area contributed by atoms with Crippen molar-refractivity contribution >= 4 is 23.6 Å². The van der Waals surface area contributed by atoms with Gasteiger partial charge in [-0.15, -0.1) is 0 Å². The molecule has 0 bridgehead atoms. The van der Waals surface area contributed by atoms with Crippen LogP contribution < -0.4 is 4.90 Å². The normalized spacial score (nSPS) is 24.7. The maximum absolute atomic E-state index is 13.6. The molecule has 5 heteroatoms. The van der Waals surface area contributed by atoms with Gasteiger partial charge < -0.3 is 4.74 Å². The molecule has 0 radical (unpaired) electrons. The van der Waals surface area contributed by atoms with Crippen molar-refractivity contribution in [2.45, 2.75) is 24.9 Å². The molecule has 4 nitrogen and oxygen atoms in total. The summed E-state index contributed by atoms with van der Waals surface area (Å²) in [6.07, 6.45) is 3.67. The number of rotatable bonds is 2. The molecule has 132 valence electrons. The van der Waals surface area contributed by atoms with E-state index < -0.39 is 17.3 Å². The summed E-state index contributed by atoms with van der Waals surface area (Å²) in [6, 6.07) is 14.8. The quantitative estimate of drug-likeness (QED) is 0.612. The van der Waals surface area contributed by atoms with Gasteiger partial charge in [-0.2, -0.15) is 0 Å². The number of nitrogens with zero attached hydrogens (tertiary/aromatic N) is 1. The summed E-state index contributed by atoms with van der Waals surface area (Å²) in [5.41, 5.74) is 0.0391. The first-order valence-electron chi connectivity index (χ1n) is 8.67. The summed E-state index contributed by atoms with van der Waals surface area (Å²) in [7, 11) is 0. The number of hydrogen-bond acceptors (Lipinski definition) is 3. The van der Waals surface area contributed by atoms with E-state index in [-0.39, 0.29) is 11.5 Å². The van der Waals surface area contributed by atoms with Crippen molar-refractivity contribution in [3.63, 3.8) is 0 Å². The van der Waals surface area contributed by atoms with Gasteiger partial charge in [-0.05, 0) is 55.2 Å². The minimum atomic E-state index is -1.28. The van der Waals surface area contributed by atoms with Crippen molar-refractivity contribution in [2.24, 2.45) is 0 Å². The molecule has 0 N–H and O–H groups in total. The van der Waals surface area contributed by atoms with Crippen LogP contribution in [0.15, 0.2) is 60.2 Å². The van der Waals surface area contributed by atoms with E-state index in [1.165, 1.54) is 17.0 Å². The van der Waals surface area contributed by atoms with Gasteiger partial charge in [-0.25, -0.2) is 9.29 Å². The Kier molecular flexibility index (Phi) is 4.17. The summed E-state index contributed by atoms with van der Waals surface area (Å²) in [4.78, 5) is 27.5. The lowest BCUT2D eigenvalue weighted by Gasteiger charge is -2.32. The number of imide groups is 1. The van der Waals surface area contributed by atoms with E-state index in [1.54, 1.807) is 42.5 Å². The van der Waals surface area contributed by atoms with Crippen LogP contribution in [0, 0.1) is 5.82 Å². The highest BCUT2D eigenvalue weighted by molar-refractivity contribution is 6.33. The molecule has 2 saturated heterocycles. The summed E-state index contributed by atoms with van der Waals surface area (Å²) in [6.45, 7) is 0.419. The molecule has 1 atom stereocenters. The Labute approximate surface area is 150 Å². The number of halogens is 1. The highest BCUT2D eigenvalue weighted by Gasteiger charge is 2.57. The Balaban J connectivity index is 1.84. The van der Waals surface area contributed by atoms with Gasteiger partial charge in [0.05, 0.1) is 11.3 Å². The number of carbonyl (C=O) groups excluding carboxylic acids is 2. The van der Waals surface area contributed by atoms with Crippen LogP contribution in [-0.2, 0) is 14.3 Å². The Morgan fingerprint density at radius 3 is 2.54 bits per heavy atom. The lowest BCUT2D eigenvalue weighted by atomic mass is 9.86. The zero-order valence-corrected chi connectivity index (χ0v) is 14.2. The van der Waals surface area contributed by atoms with Gasteiger partial charge in [0.15, 0.2) is 5.60 Å². The molecule has 26 heavy (non-hydrogen) atoms. The van der Waals surface area contributed by atoms with E-state index >= 15 is 0 Å². The molecule has 2 heterocycles. The van der Waals surface area contributed by atoms with Gasteiger partial charge in [0, 0.05) is 6.61 Å². The van der Waals surface area contributed by atoms with Crippen LogP contribution in [0.4, 0.5) is 10.1 Å². The molecule has 1 spiro atoms. The molecular weight excluding hydrogens is 333 g/mol. The van der Waals surface area contributed by atoms with Gasteiger partial charge in [0.25, 0.3) is 11.8 Å². The van der Waals surface area contributed by atoms with Crippen LogP contribution in [0.25, 0.3) is 6.08 Å². The van der Waals surface area contributed by atoms with E-state index in [4.69, 9.17) is 4.74 Å². The van der Waals surface area contributed by atoms with Crippen molar-refractivity contribution < 1.29 is 18.7 Å². The number of carbonyl (C=O) groups is 2. The molecule has 4 rings (SSSR count). The lowest BCUT2D eigenvalue weighted by Crippen LogP contribution is -2.45. The van der Waals surface area contributed by atoms with Crippen molar-refractivity contribution in [2.75, 3.05) is 11.5 Å². The van der Waals surface area contributed by atoms with Crippen molar-refractivity contribution in [1.82, 2.24) is 0 Å². The van der Waals surface area contributed by atoms with Gasteiger partial charge in [-0.1, -0.05) is 30.3 Å². The first-order valence-corrected chi connectivity index (χ1v) is 8.67. The summed E-state index contributed by atoms with van der Waals surface area (Å²) < 4.78 is 19.5. The standard InChI is InChI=1S/C21H18FNO3/c22-16-8-6-7-15(13-16)14-18-19(24)23(17-9-2-1-3-10-17)20(25)21(18)11-4-5-12-26-21/h1-3,6-10,13-14H,4-5,11-12H2. The van der Waals surface area contributed by atoms with Crippen LogP contribution in [0.1, 0.15) is 24.8 Å². The minimum Gasteiger partial charge on any atom is -0.360 e. The Hall–Kier alpha value is -2.79. The molecule has 1 unspecified atom stereocenters. The fraction of sp³-hybridized carbons (Fsp3) is 0.238. The predicted molar refractivity (Wildman–Crippen MR) is 95.8 cm³/mol. The van der Waals surface area contributed by atoms with Crippen molar-refractivity contribution in [1.29, 1.82) is 0 Å². The SMILES string of the molecule is O=C1C(=Cc2cccc(F)c2)C2(CCCCO2)C(=O)N1c1ccccc1. The van der Waals surface area contributed by atoms with Gasteiger partial charge in [0.2, 0.25) is 0 Å². The average Bonchev–Trinajstić information content (AvgIpc) is 2.85. The van der Waals surface area contributed by atoms with E-state index in [2.05, 4.69) is 0 Å². The zero-order valence-electron chi connectivity index (χ0n) is 14.2. The first-order chi connectivity index (χ1) is 12.6. The molecule has 0 aromatic heterocycles. The maximum Gasteiger partial charge on any atom is 0.271 e. The van der Waals surface area contributed by atoms with E-state index in [9.17, 15) is 14.0 Å². The highest BCUT2D eigenvalue weighted by atomic mass is 19.1. The van der Waals surface area contributed by atoms with Crippen LogP contribution in [0.2, 0.25) is 0 Å². The number of hydrogen-bond donors (Lipinski definition) is 0. The third-order valence-electron chi connectivity index (χ3n) is 4.86. The summed E-state index contributed by atoms with van der Waals surface area (Å²) in [5.74, 6) is -1.17. The molecule has 2 aliphatic rings. The number of ether oxygens (including phenoxy) is 1. The molecule has 2 fully saturated rings. The van der Waals surface area contributed by atoms with Gasteiger partial charge >= 0.3 is 0 Å². The largest absolute Gasteiger partial charge is 0.360 e. The third kappa shape index (κ3) is 2.65. The van der Waals surface area contributed by atoms with Gasteiger partial charge in [-0.3, -0.25) is 9.59 Å². The topological polar surface area (TPSA) is 46.6 Å². The predicted octanol–water partition coefficient (Wildman–Crippen LogP) is 3.72. The fourth-order valence-electron chi connectivity index (χ4n) is 3.61. The van der Waals surface area contributed by atoms with Crippen LogP contribution in [-0.4, -0.2) is 24.0 Å². The molecular formula is C21H18FNO3. The molecule has 0 aliphatic carbocycles. The summed E-state index contributed by atoms with van der Waals surface area (Å²) in [5, 5.41) is 0. The maximum atomic E-state index is 13.6. The molecule has 2 aromatic carbocycles. The summed E-state index contributed by atoms with van der Waals surface area (Å²) >= 11 is 0. The number of para-hydroxylation sites is 1. The second kappa shape index (κ2) is 6.50. The highest BCUT2D eigenvalue weighted by Crippen LogP contribution is 2.42. The first kappa shape index (κ1) is 16.7. The van der Waals surface area contributed by atoms with Crippen LogP contribution >= 0.6 is 0 Å². The minimum absolute atomic E-state index is 0.275. The second-order valence-electron chi connectivity index (χ2n) is 6.53. The Bertz CT molecular complexity index is 885.